The fraction of sp³-hybridized carbons (Fsp3) is 0.267. The van der Waals surface area contributed by atoms with Crippen molar-refractivity contribution < 1.29 is 9.13 Å². The topological polar surface area (TPSA) is 17.6 Å². The Morgan fingerprint density at radius 3 is 1.38 bits per heavy atom. The second-order valence-electron chi connectivity index (χ2n) is 8.95. The maximum atomic E-state index is 3.82. The van der Waals surface area contributed by atoms with Crippen molar-refractivity contribution in [1.29, 1.82) is 0 Å². The van der Waals surface area contributed by atoms with Crippen LogP contribution in [0.4, 0.5) is 0 Å². The Bertz CT molecular complexity index is 1080. The van der Waals surface area contributed by atoms with E-state index in [0.717, 1.165) is 37.3 Å². The summed E-state index contributed by atoms with van der Waals surface area (Å²) in [6.45, 7) is 11.6. The van der Waals surface area contributed by atoms with Crippen LogP contribution in [-0.2, 0) is 26.2 Å². The van der Waals surface area contributed by atoms with Crippen LogP contribution in [0.15, 0.2) is 99.1 Å². The van der Waals surface area contributed by atoms with E-state index in [1.807, 2.05) is 12.2 Å². The summed E-state index contributed by atoms with van der Waals surface area (Å²) in [6, 6.07) is 17.2. The van der Waals surface area contributed by atoms with Gasteiger partial charge < -0.3 is 0 Å². The molecule has 2 aromatic heterocycles. The third kappa shape index (κ3) is 6.92. The lowest BCUT2D eigenvalue weighted by molar-refractivity contribution is -0.688. The third-order valence-electron chi connectivity index (χ3n) is 6.24. The van der Waals surface area contributed by atoms with Crippen LogP contribution in [0.2, 0.25) is 0 Å². The first-order valence-electron chi connectivity index (χ1n) is 12.2. The fourth-order valence-electron chi connectivity index (χ4n) is 4.21. The smallest absolute Gasteiger partial charge is 0.237 e. The standard InChI is InChI=1S/C30H36N4/c1-3-27-9-13-29(14-10-27)23-33-21-19-31(25-33)17-7-5-6-8-18-32-20-22-34(26-32)24-30-15-11-28(4-2)12-16-30/h3-4,9-16,19-22,25-26H,1-2,5-8,17-18,23-24H2/q+2. The van der Waals surface area contributed by atoms with Gasteiger partial charge in [-0.25, -0.2) is 18.3 Å². The van der Waals surface area contributed by atoms with Crippen LogP contribution in [0, 0.1) is 0 Å². The molecule has 0 aliphatic heterocycles. The Morgan fingerprint density at radius 2 is 1.00 bits per heavy atom. The summed E-state index contributed by atoms with van der Waals surface area (Å²) in [5.74, 6) is 0. The van der Waals surface area contributed by atoms with Crippen LogP contribution in [0.5, 0.6) is 0 Å². The molecule has 0 N–H and O–H groups in total. The van der Waals surface area contributed by atoms with Crippen LogP contribution in [-0.4, -0.2) is 9.13 Å². The molecule has 0 saturated heterocycles. The Kier molecular flexibility index (Phi) is 8.28. The monoisotopic (exact) mass is 452 g/mol. The molecule has 2 heterocycles. The van der Waals surface area contributed by atoms with E-state index in [-0.39, 0.29) is 0 Å². The minimum absolute atomic E-state index is 0.904. The van der Waals surface area contributed by atoms with Gasteiger partial charge in [0.1, 0.15) is 37.9 Å². The summed E-state index contributed by atoms with van der Waals surface area (Å²) in [7, 11) is 0. The zero-order valence-corrected chi connectivity index (χ0v) is 20.1. The van der Waals surface area contributed by atoms with Gasteiger partial charge in [0, 0.05) is 0 Å². The lowest BCUT2D eigenvalue weighted by Crippen LogP contribution is -2.31. The molecular formula is C30H36N4+2. The summed E-state index contributed by atoms with van der Waals surface area (Å²) in [5.41, 5.74) is 4.95. The van der Waals surface area contributed by atoms with E-state index in [0.29, 0.717) is 0 Å². The largest absolute Gasteiger partial charge is 0.244 e. The molecule has 0 fully saturated rings. The van der Waals surface area contributed by atoms with Crippen molar-refractivity contribution in [3.05, 3.63) is 121 Å². The zero-order valence-electron chi connectivity index (χ0n) is 20.1. The number of hydrogen-bond acceptors (Lipinski definition) is 0. The van der Waals surface area contributed by atoms with Gasteiger partial charge in [0.15, 0.2) is 0 Å². The Morgan fingerprint density at radius 1 is 0.588 bits per heavy atom. The van der Waals surface area contributed by atoms with E-state index in [2.05, 4.69) is 117 Å². The highest BCUT2D eigenvalue weighted by molar-refractivity contribution is 5.47. The summed E-state index contributed by atoms with van der Waals surface area (Å²) >= 11 is 0. The quantitative estimate of drug-likeness (QED) is 0.188. The molecule has 0 unspecified atom stereocenters. The molecule has 0 atom stereocenters. The number of imidazole rings is 2. The highest BCUT2D eigenvalue weighted by Crippen LogP contribution is 2.07. The number of nitrogens with zero attached hydrogens (tertiary/aromatic N) is 4. The van der Waals surface area contributed by atoms with Gasteiger partial charge in [-0.15, -0.1) is 0 Å². The van der Waals surface area contributed by atoms with E-state index in [9.17, 15) is 0 Å². The third-order valence-corrected chi connectivity index (χ3v) is 6.24. The first kappa shape index (κ1) is 23.5. The Balaban J connectivity index is 1.12. The van der Waals surface area contributed by atoms with Gasteiger partial charge in [-0.3, -0.25) is 0 Å². The highest BCUT2D eigenvalue weighted by atomic mass is 15.1. The number of aromatic nitrogens is 4. The molecule has 4 nitrogen and oxygen atoms in total. The highest BCUT2D eigenvalue weighted by Gasteiger charge is 2.07. The van der Waals surface area contributed by atoms with Crippen molar-refractivity contribution in [2.75, 3.05) is 0 Å². The van der Waals surface area contributed by atoms with Crippen molar-refractivity contribution in [1.82, 2.24) is 9.13 Å². The number of hydrogen-bond donors (Lipinski definition) is 0. The van der Waals surface area contributed by atoms with E-state index in [1.165, 1.54) is 36.8 Å². The van der Waals surface area contributed by atoms with Crippen LogP contribution in [0.25, 0.3) is 12.2 Å². The molecule has 0 radical (unpaired) electrons. The van der Waals surface area contributed by atoms with Crippen molar-refractivity contribution >= 4 is 12.2 Å². The van der Waals surface area contributed by atoms with Crippen molar-refractivity contribution in [2.45, 2.75) is 51.9 Å². The molecule has 0 bridgehead atoms. The number of aryl methyl sites for hydroxylation is 2. The molecule has 4 rings (SSSR count). The number of unbranched alkanes of at least 4 members (excludes halogenated alkanes) is 3. The molecular weight excluding hydrogens is 416 g/mol. The van der Waals surface area contributed by atoms with Crippen LogP contribution in [0.1, 0.15) is 47.9 Å². The van der Waals surface area contributed by atoms with E-state index >= 15 is 0 Å². The maximum Gasteiger partial charge on any atom is 0.244 e. The molecule has 4 aromatic rings. The molecule has 4 heteroatoms. The first-order chi connectivity index (χ1) is 16.7. The van der Waals surface area contributed by atoms with Gasteiger partial charge in [0.2, 0.25) is 12.7 Å². The first-order valence-corrected chi connectivity index (χ1v) is 12.2. The molecule has 174 valence electrons. The molecule has 0 spiro atoms. The maximum absolute atomic E-state index is 3.82. The predicted molar refractivity (Wildman–Crippen MR) is 139 cm³/mol. The summed E-state index contributed by atoms with van der Waals surface area (Å²) in [6.07, 6.45) is 21.8. The molecule has 2 aromatic carbocycles. The summed E-state index contributed by atoms with van der Waals surface area (Å²) < 4.78 is 9.10. The molecule has 34 heavy (non-hydrogen) atoms. The van der Waals surface area contributed by atoms with Crippen molar-refractivity contribution in [2.24, 2.45) is 0 Å². The summed E-state index contributed by atoms with van der Waals surface area (Å²) in [5, 5.41) is 0. The van der Waals surface area contributed by atoms with Gasteiger partial charge in [0.25, 0.3) is 0 Å². The predicted octanol–water partition coefficient (Wildman–Crippen LogP) is 5.51. The molecule has 0 aliphatic rings. The average Bonchev–Trinajstić information content (AvgIpc) is 3.51. The van der Waals surface area contributed by atoms with E-state index < -0.39 is 0 Å². The van der Waals surface area contributed by atoms with Crippen LogP contribution < -0.4 is 9.13 Å². The summed E-state index contributed by atoms with van der Waals surface area (Å²) in [4.78, 5) is 0. The van der Waals surface area contributed by atoms with Crippen LogP contribution in [0.3, 0.4) is 0 Å². The number of benzene rings is 2. The lowest BCUT2D eigenvalue weighted by Gasteiger charge is -2.00. The van der Waals surface area contributed by atoms with Gasteiger partial charge >= 0.3 is 0 Å². The number of rotatable bonds is 13. The van der Waals surface area contributed by atoms with Crippen LogP contribution >= 0.6 is 0 Å². The van der Waals surface area contributed by atoms with E-state index in [1.54, 1.807) is 0 Å². The van der Waals surface area contributed by atoms with Gasteiger partial charge in [0.05, 0.1) is 13.1 Å². The Labute approximate surface area is 203 Å². The second kappa shape index (κ2) is 12.0. The molecule has 0 amide bonds. The average molecular weight is 453 g/mol. The minimum Gasteiger partial charge on any atom is -0.237 e. The minimum atomic E-state index is 0.904. The van der Waals surface area contributed by atoms with E-state index in [4.69, 9.17) is 0 Å². The van der Waals surface area contributed by atoms with Gasteiger partial charge in [-0.05, 0) is 47.9 Å². The van der Waals surface area contributed by atoms with Gasteiger partial charge in [-0.1, -0.05) is 73.8 Å². The molecule has 0 aliphatic carbocycles. The molecule has 0 saturated carbocycles. The SMILES string of the molecule is C=Cc1ccc(C[n+]2ccn(CCCCCCn3cc[n+](Cc4ccc(C=C)cc4)c3)c2)cc1. The van der Waals surface area contributed by atoms with Gasteiger partial charge in [-0.2, -0.15) is 0 Å². The second-order valence-corrected chi connectivity index (χ2v) is 8.95. The normalized spacial score (nSPS) is 10.9. The lowest BCUT2D eigenvalue weighted by atomic mass is 10.1. The zero-order chi connectivity index (χ0) is 23.6. The van der Waals surface area contributed by atoms with Crippen molar-refractivity contribution in [3.63, 3.8) is 0 Å². The van der Waals surface area contributed by atoms with Crippen molar-refractivity contribution in [3.8, 4) is 0 Å². The fourth-order valence-corrected chi connectivity index (χ4v) is 4.21. The Hall–Kier alpha value is -3.66.